The van der Waals surface area contributed by atoms with E-state index in [1.54, 1.807) is 0 Å². The van der Waals surface area contributed by atoms with E-state index >= 15 is 0 Å². The molecule has 0 spiro atoms. The lowest BCUT2D eigenvalue weighted by Crippen LogP contribution is -2.31. The maximum atomic E-state index is 4.58. The molecule has 0 radical (unpaired) electrons. The Balaban J connectivity index is 1.53. The van der Waals surface area contributed by atoms with Gasteiger partial charge in [-0.3, -0.25) is 19.9 Å². The lowest BCUT2D eigenvalue weighted by atomic mass is 10.3. The van der Waals surface area contributed by atoms with Crippen LogP contribution in [0, 0.1) is 41.5 Å². The predicted molar refractivity (Wildman–Crippen MR) is 138 cm³/mol. The average Bonchev–Trinajstić information content (AvgIpc) is 3.39. The fraction of sp³-hybridized carbons (Fsp3) is 0.500. The zero-order chi connectivity index (χ0) is 24.5. The Kier molecular flexibility index (Phi) is 9.03. The van der Waals surface area contributed by atoms with Gasteiger partial charge in [0.25, 0.3) is 0 Å². The molecule has 3 heterocycles. The molecule has 0 aromatic carbocycles. The van der Waals surface area contributed by atoms with E-state index in [9.17, 15) is 0 Å². The topological polar surface area (TPSA) is 126 Å². The zero-order valence-electron chi connectivity index (χ0n) is 21.1. The van der Waals surface area contributed by atoms with Gasteiger partial charge < -0.3 is 15.0 Å². The van der Waals surface area contributed by atoms with Crippen molar-refractivity contribution in [1.82, 2.24) is 34.8 Å². The molecule has 0 aliphatic rings. The van der Waals surface area contributed by atoms with Gasteiger partial charge in [0, 0.05) is 55.4 Å². The van der Waals surface area contributed by atoms with Crippen LogP contribution in [0.2, 0.25) is 0 Å². The predicted octanol–water partition coefficient (Wildman–Crippen LogP) is 2.67. The van der Waals surface area contributed by atoms with Gasteiger partial charge in [-0.25, -0.2) is 15.0 Å². The van der Waals surface area contributed by atoms with Crippen molar-refractivity contribution in [2.75, 3.05) is 39.3 Å². The highest BCUT2D eigenvalue weighted by Crippen LogP contribution is 2.03. The van der Waals surface area contributed by atoms with Crippen LogP contribution in [0.15, 0.2) is 15.0 Å². The van der Waals surface area contributed by atoms with Gasteiger partial charge in [0.05, 0.1) is 19.6 Å². The second kappa shape index (κ2) is 12.2. The number of aliphatic imine (C=N–C) groups is 3. The van der Waals surface area contributed by atoms with Crippen molar-refractivity contribution in [1.29, 1.82) is 0 Å². The van der Waals surface area contributed by atoms with E-state index in [-0.39, 0.29) is 0 Å². The molecule has 3 aromatic rings. The molecule has 182 valence electrons. The maximum Gasteiger partial charge on any atom is 0.103 e. The fourth-order valence-corrected chi connectivity index (χ4v) is 3.65. The Morgan fingerprint density at radius 3 is 1.09 bits per heavy atom. The summed E-state index contributed by atoms with van der Waals surface area (Å²) >= 11 is 0. The maximum absolute atomic E-state index is 4.58. The zero-order valence-corrected chi connectivity index (χ0v) is 21.1. The number of aryl methyl sites for hydroxylation is 6. The number of H-pyrrole nitrogens is 3. The summed E-state index contributed by atoms with van der Waals surface area (Å²) in [5.41, 5.74) is 5.80. The summed E-state index contributed by atoms with van der Waals surface area (Å²) in [5.74, 6) is 2.71. The van der Waals surface area contributed by atoms with Crippen LogP contribution in [0.3, 0.4) is 0 Å². The van der Waals surface area contributed by atoms with E-state index < -0.39 is 0 Å². The van der Waals surface area contributed by atoms with Gasteiger partial charge in [-0.15, -0.1) is 0 Å². The summed E-state index contributed by atoms with van der Waals surface area (Å²) in [5, 5.41) is 0. The molecule has 0 unspecified atom stereocenters. The van der Waals surface area contributed by atoms with Crippen LogP contribution in [0.4, 0.5) is 0 Å². The number of imidazole rings is 3. The van der Waals surface area contributed by atoms with Crippen LogP contribution in [-0.4, -0.2) is 92.7 Å². The Morgan fingerprint density at radius 2 is 0.853 bits per heavy atom. The van der Waals surface area contributed by atoms with E-state index in [1.165, 1.54) is 0 Å². The van der Waals surface area contributed by atoms with Crippen molar-refractivity contribution < 1.29 is 0 Å². The van der Waals surface area contributed by atoms with Gasteiger partial charge in [-0.2, -0.15) is 0 Å². The molecule has 0 amide bonds. The SMILES string of the molecule is Cc1nc(C=NCCN(CCN=Cc2nc(C)[nH]c2C)CCN=Cc2nc(C)[nH]c2C)c(C)[nH]1. The molecule has 3 N–H and O–H groups in total. The monoisotopic (exact) mass is 464 g/mol. The molecule has 34 heavy (non-hydrogen) atoms. The Hall–Kier alpha value is -3.40. The normalized spacial score (nSPS) is 12.4. The van der Waals surface area contributed by atoms with Crippen LogP contribution < -0.4 is 0 Å². The number of aromatic amines is 3. The molecular formula is C24H36N10. The molecule has 0 saturated heterocycles. The van der Waals surface area contributed by atoms with E-state index in [4.69, 9.17) is 0 Å². The summed E-state index contributed by atoms with van der Waals surface area (Å²) < 4.78 is 0. The van der Waals surface area contributed by atoms with Gasteiger partial charge in [0.15, 0.2) is 0 Å². The van der Waals surface area contributed by atoms with Crippen molar-refractivity contribution >= 4 is 18.6 Å². The standard InChI is InChI=1S/C24H36N10/c1-16-22(31-19(4)28-16)13-25-7-10-34(11-8-26-14-23-17(2)29-20(5)32-23)12-9-27-15-24-18(3)30-21(6)33-24/h13-15H,7-12H2,1-6H3,(H,28,31)(H,29,32)(H,30,33). The van der Waals surface area contributed by atoms with Gasteiger partial charge in [0.2, 0.25) is 0 Å². The smallest absolute Gasteiger partial charge is 0.103 e. The minimum Gasteiger partial charge on any atom is -0.346 e. The van der Waals surface area contributed by atoms with Crippen LogP contribution >= 0.6 is 0 Å². The summed E-state index contributed by atoms with van der Waals surface area (Å²) in [4.78, 5) is 39.0. The molecule has 0 saturated carbocycles. The van der Waals surface area contributed by atoms with Crippen molar-refractivity contribution in [3.63, 3.8) is 0 Å². The molecule has 3 rings (SSSR count). The van der Waals surface area contributed by atoms with E-state index in [0.717, 1.165) is 71.3 Å². The Labute approximate surface area is 201 Å². The highest BCUT2D eigenvalue weighted by molar-refractivity contribution is 5.79. The Bertz CT molecular complexity index is 1000. The lowest BCUT2D eigenvalue weighted by molar-refractivity contribution is 0.298. The van der Waals surface area contributed by atoms with E-state index in [1.807, 2.05) is 60.2 Å². The third-order valence-corrected chi connectivity index (χ3v) is 5.40. The molecule has 0 aliphatic heterocycles. The second-order valence-electron chi connectivity index (χ2n) is 8.44. The molecule has 3 aromatic heterocycles. The van der Waals surface area contributed by atoms with Gasteiger partial charge in [-0.05, 0) is 41.5 Å². The van der Waals surface area contributed by atoms with Gasteiger partial charge in [-0.1, -0.05) is 0 Å². The summed E-state index contributed by atoms with van der Waals surface area (Å²) in [6.45, 7) is 16.4. The number of aromatic nitrogens is 6. The molecule has 0 atom stereocenters. The molecular weight excluding hydrogens is 428 g/mol. The van der Waals surface area contributed by atoms with Crippen LogP contribution in [0.5, 0.6) is 0 Å². The number of rotatable bonds is 12. The third kappa shape index (κ3) is 7.58. The first-order valence-corrected chi connectivity index (χ1v) is 11.6. The highest BCUT2D eigenvalue weighted by Gasteiger charge is 2.06. The molecule has 10 heteroatoms. The minimum atomic E-state index is 0.689. The minimum absolute atomic E-state index is 0.689. The van der Waals surface area contributed by atoms with Gasteiger partial charge in [0.1, 0.15) is 34.6 Å². The number of hydrogen-bond donors (Lipinski definition) is 3. The molecule has 0 bridgehead atoms. The highest BCUT2D eigenvalue weighted by atomic mass is 15.1. The van der Waals surface area contributed by atoms with Gasteiger partial charge >= 0.3 is 0 Å². The lowest BCUT2D eigenvalue weighted by Gasteiger charge is -2.19. The fourth-order valence-electron chi connectivity index (χ4n) is 3.65. The second-order valence-corrected chi connectivity index (χ2v) is 8.44. The first-order chi connectivity index (χ1) is 16.3. The van der Waals surface area contributed by atoms with Crippen LogP contribution in [0.1, 0.15) is 51.6 Å². The van der Waals surface area contributed by atoms with Crippen LogP contribution in [0.25, 0.3) is 0 Å². The molecule has 10 nitrogen and oxygen atoms in total. The van der Waals surface area contributed by atoms with Crippen molar-refractivity contribution in [3.8, 4) is 0 Å². The van der Waals surface area contributed by atoms with Crippen molar-refractivity contribution in [2.45, 2.75) is 41.5 Å². The van der Waals surface area contributed by atoms with Crippen molar-refractivity contribution in [2.24, 2.45) is 15.0 Å². The first kappa shape index (κ1) is 25.2. The molecule has 0 fully saturated rings. The average molecular weight is 465 g/mol. The third-order valence-electron chi connectivity index (χ3n) is 5.40. The molecule has 0 aliphatic carbocycles. The van der Waals surface area contributed by atoms with E-state index in [2.05, 4.69) is 49.8 Å². The van der Waals surface area contributed by atoms with Crippen molar-refractivity contribution in [3.05, 3.63) is 51.6 Å². The summed E-state index contributed by atoms with van der Waals surface area (Å²) in [7, 11) is 0. The number of nitrogens with one attached hydrogen (secondary N) is 3. The van der Waals surface area contributed by atoms with Crippen LogP contribution in [-0.2, 0) is 0 Å². The number of nitrogens with zero attached hydrogens (tertiary/aromatic N) is 7. The number of hydrogen-bond acceptors (Lipinski definition) is 7. The first-order valence-electron chi connectivity index (χ1n) is 11.6. The summed E-state index contributed by atoms with van der Waals surface area (Å²) in [6.07, 6.45) is 5.54. The summed E-state index contributed by atoms with van der Waals surface area (Å²) in [6, 6.07) is 0. The Morgan fingerprint density at radius 1 is 0.559 bits per heavy atom. The van der Waals surface area contributed by atoms with E-state index in [0.29, 0.717) is 19.6 Å². The largest absolute Gasteiger partial charge is 0.346 e. The quantitative estimate of drug-likeness (QED) is 0.356.